The number of anilines is 2. The lowest BCUT2D eigenvalue weighted by molar-refractivity contribution is -0.122. The van der Waals surface area contributed by atoms with Gasteiger partial charge in [0.05, 0.1) is 5.69 Å². The Kier molecular flexibility index (Phi) is 4.97. The summed E-state index contributed by atoms with van der Waals surface area (Å²) in [5, 5.41) is 6.35. The van der Waals surface area contributed by atoms with Crippen LogP contribution >= 0.6 is 23.2 Å². The third kappa shape index (κ3) is 3.95. The molecular formula is C18H14Cl2N2O3. The van der Waals surface area contributed by atoms with Gasteiger partial charge in [-0.3, -0.25) is 9.59 Å². The average molecular weight is 377 g/mol. The lowest BCUT2D eigenvalue weighted by atomic mass is 10.2. The van der Waals surface area contributed by atoms with E-state index in [1.807, 2.05) is 0 Å². The molecule has 0 radical (unpaired) electrons. The van der Waals surface area contributed by atoms with E-state index in [1.165, 1.54) is 6.08 Å². The van der Waals surface area contributed by atoms with Gasteiger partial charge in [0.25, 0.3) is 5.91 Å². The van der Waals surface area contributed by atoms with Crippen molar-refractivity contribution in [3.63, 3.8) is 0 Å². The van der Waals surface area contributed by atoms with Crippen LogP contribution in [0.4, 0.5) is 11.4 Å². The van der Waals surface area contributed by atoms with Crippen LogP contribution in [0.15, 0.2) is 42.5 Å². The summed E-state index contributed by atoms with van der Waals surface area (Å²) >= 11 is 12.1. The number of ether oxygens (including phenoxy) is 1. The maximum atomic E-state index is 12.1. The van der Waals surface area contributed by atoms with Crippen molar-refractivity contribution in [3.05, 3.63) is 58.1 Å². The molecule has 7 heteroatoms. The number of carbonyl (C=O) groups is 2. The molecule has 1 aliphatic heterocycles. The van der Waals surface area contributed by atoms with Gasteiger partial charge < -0.3 is 15.4 Å². The van der Waals surface area contributed by atoms with Crippen molar-refractivity contribution in [2.75, 3.05) is 10.6 Å². The molecule has 5 nitrogen and oxygen atoms in total. The van der Waals surface area contributed by atoms with Gasteiger partial charge in [0.2, 0.25) is 5.91 Å². The molecule has 2 aromatic rings. The van der Waals surface area contributed by atoms with Crippen LogP contribution in [-0.4, -0.2) is 17.9 Å². The van der Waals surface area contributed by atoms with Crippen molar-refractivity contribution >= 4 is 52.5 Å². The lowest BCUT2D eigenvalue weighted by Gasteiger charge is -2.23. The fraction of sp³-hybridized carbons (Fsp3) is 0.111. The first-order chi connectivity index (χ1) is 11.9. The lowest BCUT2D eigenvalue weighted by Crippen LogP contribution is -2.34. The first kappa shape index (κ1) is 17.3. The Hall–Kier alpha value is -2.50. The Bertz CT molecular complexity index is 860. The third-order valence-corrected chi connectivity index (χ3v) is 4.24. The number of carbonyl (C=O) groups excluding carboxylic acids is 2. The topological polar surface area (TPSA) is 67.4 Å². The Balaban J connectivity index is 1.73. The molecule has 1 atom stereocenters. The molecule has 0 spiro atoms. The molecule has 2 amide bonds. The van der Waals surface area contributed by atoms with Gasteiger partial charge in [-0.25, -0.2) is 0 Å². The van der Waals surface area contributed by atoms with E-state index in [9.17, 15) is 9.59 Å². The second-order valence-corrected chi connectivity index (χ2v) is 6.23. The maximum Gasteiger partial charge on any atom is 0.265 e. The predicted octanol–water partition coefficient (Wildman–Crippen LogP) is 4.36. The highest BCUT2D eigenvalue weighted by atomic mass is 35.5. The fourth-order valence-electron chi connectivity index (χ4n) is 2.30. The van der Waals surface area contributed by atoms with E-state index in [1.54, 1.807) is 49.4 Å². The number of amides is 2. The zero-order valence-corrected chi connectivity index (χ0v) is 14.7. The highest BCUT2D eigenvalue weighted by Crippen LogP contribution is 2.32. The summed E-state index contributed by atoms with van der Waals surface area (Å²) in [7, 11) is 0. The summed E-state index contributed by atoms with van der Waals surface area (Å²) in [6.07, 6.45) is 2.34. The largest absolute Gasteiger partial charge is 0.479 e. The second-order valence-electron chi connectivity index (χ2n) is 5.42. The summed E-state index contributed by atoms with van der Waals surface area (Å²) in [6.45, 7) is 1.67. The monoisotopic (exact) mass is 376 g/mol. The second kappa shape index (κ2) is 7.17. The van der Waals surface area contributed by atoms with Crippen LogP contribution in [0.5, 0.6) is 5.75 Å². The molecule has 0 aromatic heterocycles. The third-order valence-electron chi connectivity index (χ3n) is 3.58. The number of nitrogens with one attached hydrogen (secondary N) is 2. The van der Waals surface area contributed by atoms with E-state index in [0.717, 1.165) is 0 Å². The summed E-state index contributed by atoms with van der Waals surface area (Å²) in [5.74, 6) is -0.0277. The van der Waals surface area contributed by atoms with Gasteiger partial charge in [-0.15, -0.1) is 0 Å². The van der Waals surface area contributed by atoms with Gasteiger partial charge in [0.1, 0.15) is 5.75 Å². The van der Waals surface area contributed by atoms with Crippen LogP contribution in [0, 0.1) is 0 Å². The van der Waals surface area contributed by atoms with Gasteiger partial charge in [-0.2, -0.15) is 0 Å². The molecule has 0 unspecified atom stereocenters. The van der Waals surface area contributed by atoms with E-state index < -0.39 is 6.10 Å². The molecule has 0 saturated carbocycles. The number of fused-ring (bicyclic) bond motifs is 1. The standard InChI is InChI=1S/C18H14Cl2N2O3/c1-10-18(24)22-15-9-11(5-7-16(15)25-10)21-17(23)8-6-12-13(19)3-2-4-14(12)20/h2-10H,1H3,(H,21,23)(H,22,24)/b8-6+/t10-/m1/s1. The molecule has 2 aromatic carbocycles. The fourth-order valence-corrected chi connectivity index (χ4v) is 2.82. The Labute approximate surface area is 154 Å². The van der Waals surface area contributed by atoms with Crippen molar-refractivity contribution in [1.29, 1.82) is 0 Å². The van der Waals surface area contributed by atoms with Gasteiger partial charge in [0, 0.05) is 27.4 Å². The highest BCUT2D eigenvalue weighted by Gasteiger charge is 2.23. The molecule has 0 saturated heterocycles. The molecule has 2 N–H and O–H groups in total. The van der Waals surface area contributed by atoms with Crippen LogP contribution in [0.2, 0.25) is 10.0 Å². The van der Waals surface area contributed by atoms with Crippen molar-refractivity contribution in [2.24, 2.45) is 0 Å². The minimum Gasteiger partial charge on any atom is -0.479 e. The number of halogens is 2. The molecular weight excluding hydrogens is 363 g/mol. The molecule has 0 fully saturated rings. The van der Waals surface area contributed by atoms with Crippen LogP contribution in [-0.2, 0) is 9.59 Å². The zero-order valence-electron chi connectivity index (χ0n) is 13.2. The van der Waals surface area contributed by atoms with Crippen molar-refractivity contribution in [2.45, 2.75) is 13.0 Å². The van der Waals surface area contributed by atoms with E-state index in [0.29, 0.717) is 32.7 Å². The minimum atomic E-state index is -0.545. The Morgan fingerprint density at radius 2 is 1.96 bits per heavy atom. The predicted molar refractivity (Wildman–Crippen MR) is 99.3 cm³/mol. The average Bonchev–Trinajstić information content (AvgIpc) is 2.56. The van der Waals surface area contributed by atoms with E-state index in [2.05, 4.69) is 10.6 Å². The molecule has 0 aliphatic carbocycles. The quantitative estimate of drug-likeness (QED) is 0.781. The van der Waals surface area contributed by atoms with E-state index in [-0.39, 0.29) is 11.8 Å². The summed E-state index contributed by atoms with van der Waals surface area (Å²) in [6, 6.07) is 10.1. The van der Waals surface area contributed by atoms with Gasteiger partial charge in [-0.05, 0) is 43.3 Å². The highest BCUT2D eigenvalue weighted by molar-refractivity contribution is 6.37. The number of benzene rings is 2. The molecule has 3 rings (SSSR count). The smallest absolute Gasteiger partial charge is 0.265 e. The van der Waals surface area contributed by atoms with Crippen molar-refractivity contribution < 1.29 is 14.3 Å². The first-order valence-corrected chi connectivity index (χ1v) is 8.24. The van der Waals surface area contributed by atoms with Crippen LogP contribution < -0.4 is 15.4 Å². The van der Waals surface area contributed by atoms with Gasteiger partial charge >= 0.3 is 0 Å². The molecule has 1 aliphatic rings. The van der Waals surface area contributed by atoms with Crippen LogP contribution in [0.1, 0.15) is 12.5 Å². The number of rotatable bonds is 3. The maximum absolute atomic E-state index is 12.1. The minimum absolute atomic E-state index is 0.232. The van der Waals surface area contributed by atoms with E-state index >= 15 is 0 Å². The molecule has 0 bridgehead atoms. The van der Waals surface area contributed by atoms with E-state index in [4.69, 9.17) is 27.9 Å². The van der Waals surface area contributed by atoms with Gasteiger partial charge in [-0.1, -0.05) is 29.3 Å². The first-order valence-electron chi connectivity index (χ1n) is 7.48. The molecule has 128 valence electrons. The Morgan fingerprint density at radius 3 is 2.68 bits per heavy atom. The summed E-state index contributed by atoms with van der Waals surface area (Å²) < 4.78 is 5.47. The zero-order chi connectivity index (χ0) is 18.0. The summed E-state index contributed by atoms with van der Waals surface area (Å²) in [5.41, 5.74) is 1.61. The Morgan fingerprint density at radius 1 is 1.24 bits per heavy atom. The molecule has 1 heterocycles. The normalized spacial score (nSPS) is 16.1. The SMILES string of the molecule is C[C@H]1Oc2ccc(NC(=O)/C=C/c3c(Cl)cccc3Cl)cc2NC1=O. The molecule has 25 heavy (non-hydrogen) atoms. The number of hydrogen-bond donors (Lipinski definition) is 2. The van der Waals surface area contributed by atoms with Crippen LogP contribution in [0.25, 0.3) is 6.08 Å². The van der Waals surface area contributed by atoms with Crippen molar-refractivity contribution in [1.82, 2.24) is 0 Å². The number of hydrogen-bond acceptors (Lipinski definition) is 3. The van der Waals surface area contributed by atoms with Gasteiger partial charge in [0.15, 0.2) is 6.10 Å². The van der Waals surface area contributed by atoms with Crippen molar-refractivity contribution in [3.8, 4) is 5.75 Å². The van der Waals surface area contributed by atoms with Crippen LogP contribution in [0.3, 0.4) is 0 Å². The summed E-state index contributed by atoms with van der Waals surface area (Å²) in [4.78, 5) is 23.7.